The third kappa shape index (κ3) is 4.08. The monoisotopic (exact) mass is 405 g/mol. The van der Waals surface area contributed by atoms with Crippen LogP contribution in [0.25, 0.3) is 22.6 Å². The van der Waals surface area contributed by atoms with E-state index in [2.05, 4.69) is 10.3 Å². The Hall–Kier alpha value is -3.15. The Balaban J connectivity index is 1.41. The first kappa shape index (κ1) is 20.1. The molecule has 0 bridgehead atoms. The summed E-state index contributed by atoms with van der Waals surface area (Å²) in [6.45, 7) is 3.78. The second-order valence-corrected chi connectivity index (χ2v) is 8.31. The molecule has 1 aliphatic rings. The van der Waals surface area contributed by atoms with Crippen LogP contribution in [0.15, 0.2) is 52.9 Å². The summed E-state index contributed by atoms with van der Waals surface area (Å²) in [7, 11) is 1.84. The van der Waals surface area contributed by atoms with E-state index in [1.165, 1.54) is 0 Å². The number of hydrogen-bond donors (Lipinski definition) is 1. The Labute approximate surface area is 176 Å². The number of benzene rings is 2. The fraction of sp³-hybridized carbons (Fsp3) is 0.375. The zero-order chi connectivity index (χ0) is 21.3. The van der Waals surface area contributed by atoms with Gasteiger partial charge in [-0.25, -0.2) is 4.98 Å². The number of amides is 2. The van der Waals surface area contributed by atoms with Gasteiger partial charge in [0.2, 0.25) is 11.8 Å². The van der Waals surface area contributed by atoms with Crippen LogP contribution in [0.3, 0.4) is 0 Å². The minimum atomic E-state index is -0.0248. The number of para-hydroxylation sites is 2. The lowest BCUT2D eigenvalue weighted by atomic mass is 10.1. The van der Waals surface area contributed by atoms with E-state index in [0.717, 1.165) is 35.9 Å². The van der Waals surface area contributed by atoms with E-state index in [9.17, 15) is 9.59 Å². The van der Waals surface area contributed by atoms with Crippen molar-refractivity contribution < 1.29 is 14.0 Å². The summed E-state index contributed by atoms with van der Waals surface area (Å²) >= 11 is 0. The summed E-state index contributed by atoms with van der Waals surface area (Å²) in [4.78, 5) is 31.2. The number of nitrogens with zero attached hydrogens (tertiary/aromatic N) is 2. The minimum Gasteiger partial charge on any atom is -0.436 e. The van der Waals surface area contributed by atoms with Gasteiger partial charge < -0.3 is 14.6 Å². The van der Waals surface area contributed by atoms with Crippen LogP contribution in [0.1, 0.15) is 43.5 Å². The van der Waals surface area contributed by atoms with Crippen molar-refractivity contribution in [1.82, 2.24) is 15.2 Å². The van der Waals surface area contributed by atoms with Crippen LogP contribution in [0.4, 0.5) is 0 Å². The van der Waals surface area contributed by atoms with Crippen molar-refractivity contribution >= 4 is 22.9 Å². The summed E-state index contributed by atoms with van der Waals surface area (Å²) in [5.41, 5.74) is 3.02. The van der Waals surface area contributed by atoms with Crippen LogP contribution >= 0.6 is 0 Å². The molecule has 1 saturated carbocycles. The van der Waals surface area contributed by atoms with E-state index in [0.29, 0.717) is 11.5 Å². The van der Waals surface area contributed by atoms with E-state index in [1.807, 2.05) is 69.4 Å². The molecule has 6 nitrogen and oxygen atoms in total. The van der Waals surface area contributed by atoms with Gasteiger partial charge in [-0.15, -0.1) is 0 Å². The smallest absolute Gasteiger partial charge is 0.253 e. The Kier molecular flexibility index (Phi) is 5.57. The third-order valence-electron chi connectivity index (χ3n) is 5.82. The van der Waals surface area contributed by atoms with E-state index in [1.54, 1.807) is 4.90 Å². The summed E-state index contributed by atoms with van der Waals surface area (Å²) < 4.78 is 5.80. The number of oxazole rings is 1. The van der Waals surface area contributed by atoms with Crippen LogP contribution in [-0.2, 0) is 4.79 Å². The van der Waals surface area contributed by atoms with Crippen LogP contribution < -0.4 is 5.32 Å². The normalized spacial score (nSPS) is 18.7. The summed E-state index contributed by atoms with van der Waals surface area (Å²) in [6.07, 6.45) is 2.59. The molecule has 156 valence electrons. The topological polar surface area (TPSA) is 75.4 Å². The predicted octanol–water partition coefficient (Wildman–Crippen LogP) is 4.26. The summed E-state index contributed by atoms with van der Waals surface area (Å²) in [6, 6.07) is 15.3. The molecule has 0 spiro atoms. The molecule has 2 aromatic carbocycles. The maximum Gasteiger partial charge on any atom is 0.253 e. The highest BCUT2D eigenvalue weighted by molar-refractivity contribution is 5.94. The molecular formula is C24H27N3O3. The number of carbonyl (C=O) groups excluding carboxylic acids is 2. The lowest BCUT2D eigenvalue weighted by Gasteiger charge is -2.25. The Bertz CT molecular complexity index is 1020. The number of hydrogen-bond acceptors (Lipinski definition) is 4. The molecule has 3 aromatic rings. The molecule has 0 radical (unpaired) electrons. The first-order valence-corrected chi connectivity index (χ1v) is 10.5. The molecule has 0 unspecified atom stereocenters. The predicted molar refractivity (Wildman–Crippen MR) is 116 cm³/mol. The fourth-order valence-electron chi connectivity index (χ4n) is 3.93. The van der Waals surface area contributed by atoms with Crippen LogP contribution in [0.5, 0.6) is 0 Å². The Morgan fingerprint density at radius 2 is 1.83 bits per heavy atom. The maximum absolute atomic E-state index is 13.0. The zero-order valence-electron chi connectivity index (χ0n) is 17.6. The summed E-state index contributed by atoms with van der Waals surface area (Å²) in [5.74, 6) is 0.579. The van der Waals surface area contributed by atoms with Gasteiger partial charge in [0, 0.05) is 36.2 Å². The molecule has 2 atom stereocenters. The van der Waals surface area contributed by atoms with Gasteiger partial charge >= 0.3 is 0 Å². The molecule has 0 aliphatic heterocycles. The van der Waals surface area contributed by atoms with Crippen LogP contribution in [0.2, 0.25) is 0 Å². The molecule has 1 N–H and O–H groups in total. The molecular weight excluding hydrogens is 378 g/mol. The van der Waals surface area contributed by atoms with Crippen LogP contribution in [-0.4, -0.2) is 40.8 Å². The van der Waals surface area contributed by atoms with E-state index < -0.39 is 0 Å². The van der Waals surface area contributed by atoms with Crippen molar-refractivity contribution in [2.45, 2.75) is 45.2 Å². The number of fused-ring (bicyclic) bond motifs is 1. The second-order valence-electron chi connectivity index (χ2n) is 8.31. The van der Waals surface area contributed by atoms with Crippen molar-refractivity contribution in [3.05, 3.63) is 54.1 Å². The fourth-order valence-corrected chi connectivity index (χ4v) is 3.93. The van der Waals surface area contributed by atoms with Crippen LogP contribution in [0, 0.1) is 5.92 Å². The lowest BCUT2D eigenvalue weighted by molar-refractivity contribution is -0.124. The molecule has 0 saturated heterocycles. The van der Waals surface area contributed by atoms with Gasteiger partial charge in [-0.3, -0.25) is 9.59 Å². The molecule has 1 fully saturated rings. The maximum atomic E-state index is 13.0. The van der Waals surface area contributed by atoms with Gasteiger partial charge in [0.25, 0.3) is 5.91 Å². The largest absolute Gasteiger partial charge is 0.436 e. The number of rotatable bonds is 5. The van der Waals surface area contributed by atoms with Gasteiger partial charge in [-0.05, 0) is 55.7 Å². The van der Waals surface area contributed by atoms with Crippen molar-refractivity contribution in [2.24, 2.45) is 5.92 Å². The van der Waals surface area contributed by atoms with Crippen molar-refractivity contribution in [1.29, 1.82) is 0 Å². The molecule has 6 heteroatoms. The third-order valence-corrected chi connectivity index (χ3v) is 5.82. The first-order chi connectivity index (χ1) is 14.4. The SMILES string of the molecule is CC(C)C(=O)N[C@H]1CC[C@@H](N(C)C(=O)c2ccc(-c3nc4ccccc4o3)cc2)C1. The lowest BCUT2D eigenvalue weighted by Crippen LogP contribution is -2.39. The molecule has 1 aliphatic carbocycles. The van der Waals surface area contributed by atoms with Gasteiger partial charge in [0.15, 0.2) is 5.58 Å². The number of nitrogens with one attached hydrogen (secondary N) is 1. The molecule has 1 heterocycles. The highest BCUT2D eigenvalue weighted by atomic mass is 16.3. The van der Waals surface area contributed by atoms with E-state index in [-0.39, 0.29) is 29.8 Å². The second kappa shape index (κ2) is 8.30. The van der Waals surface area contributed by atoms with Gasteiger partial charge in [-0.2, -0.15) is 0 Å². The minimum absolute atomic E-state index is 0.0139. The molecule has 2 amide bonds. The quantitative estimate of drug-likeness (QED) is 0.688. The van der Waals surface area contributed by atoms with E-state index in [4.69, 9.17) is 4.42 Å². The van der Waals surface area contributed by atoms with Crippen molar-refractivity contribution in [3.8, 4) is 11.5 Å². The highest BCUT2D eigenvalue weighted by Gasteiger charge is 2.31. The molecule has 4 rings (SSSR count). The van der Waals surface area contributed by atoms with Crippen molar-refractivity contribution in [2.75, 3.05) is 7.05 Å². The Morgan fingerprint density at radius 1 is 1.10 bits per heavy atom. The summed E-state index contributed by atoms with van der Waals surface area (Å²) in [5, 5.41) is 3.08. The number of carbonyl (C=O) groups is 2. The molecule has 30 heavy (non-hydrogen) atoms. The standard InChI is InChI=1S/C24H27N3O3/c1-15(2)22(28)25-18-12-13-19(14-18)27(3)24(29)17-10-8-16(9-11-17)23-26-20-6-4-5-7-21(20)30-23/h4-11,15,18-19H,12-14H2,1-3H3,(H,25,28)/t18-,19+/m0/s1. The van der Waals surface area contributed by atoms with Gasteiger partial charge in [0.05, 0.1) is 0 Å². The van der Waals surface area contributed by atoms with Gasteiger partial charge in [-0.1, -0.05) is 26.0 Å². The van der Waals surface area contributed by atoms with Gasteiger partial charge in [0.1, 0.15) is 5.52 Å². The molecule has 1 aromatic heterocycles. The average molecular weight is 405 g/mol. The number of aromatic nitrogens is 1. The highest BCUT2D eigenvalue weighted by Crippen LogP contribution is 2.27. The average Bonchev–Trinajstić information content (AvgIpc) is 3.39. The Morgan fingerprint density at radius 3 is 2.53 bits per heavy atom. The van der Waals surface area contributed by atoms with E-state index >= 15 is 0 Å². The zero-order valence-corrected chi connectivity index (χ0v) is 17.6. The first-order valence-electron chi connectivity index (χ1n) is 10.5. The van der Waals surface area contributed by atoms with Crippen molar-refractivity contribution in [3.63, 3.8) is 0 Å².